The second-order valence-electron chi connectivity index (χ2n) is 3.90. The van der Waals surface area contributed by atoms with Crippen molar-refractivity contribution in [2.24, 2.45) is 7.05 Å². The molecule has 0 atom stereocenters. The van der Waals surface area contributed by atoms with Crippen LogP contribution in [0, 0.1) is 23.3 Å². The molecule has 0 saturated heterocycles. The van der Waals surface area contributed by atoms with Crippen molar-refractivity contribution in [3.8, 4) is 0 Å². The number of aryl methyl sites for hydroxylation is 1. The van der Waals surface area contributed by atoms with Crippen LogP contribution in [0.4, 0.5) is 23.2 Å². The number of carbonyl (C=O) groups excluding carboxylic acids is 1. The van der Waals surface area contributed by atoms with E-state index in [1.165, 1.54) is 10.9 Å². The zero-order valence-corrected chi connectivity index (χ0v) is 11.3. The van der Waals surface area contributed by atoms with Crippen molar-refractivity contribution in [2.45, 2.75) is 5.16 Å². The van der Waals surface area contributed by atoms with Crippen LogP contribution < -0.4 is 5.32 Å². The van der Waals surface area contributed by atoms with Gasteiger partial charge in [-0.3, -0.25) is 4.79 Å². The standard InChI is InChI=1S/C11H8F4N4OS/c1-19-4-16-18-11(19)21-3-7(20)17-10-8(14)5(12)2-6(13)9(10)15/h2,4H,3H2,1H3,(H,17,20). The van der Waals surface area contributed by atoms with Crippen LogP contribution in [-0.4, -0.2) is 26.4 Å². The van der Waals surface area contributed by atoms with Crippen LogP contribution in [-0.2, 0) is 11.8 Å². The molecule has 0 aliphatic heterocycles. The molecule has 112 valence electrons. The van der Waals surface area contributed by atoms with E-state index in [1.807, 2.05) is 0 Å². The van der Waals surface area contributed by atoms with Crippen LogP contribution in [0.25, 0.3) is 0 Å². The van der Waals surface area contributed by atoms with E-state index in [0.717, 1.165) is 11.8 Å². The number of hydrogen-bond donors (Lipinski definition) is 1. The molecule has 21 heavy (non-hydrogen) atoms. The largest absolute Gasteiger partial charge is 0.320 e. The first-order chi connectivity index (χ1) is 9.90. The number of hydrogen-bond acceptors (Lipinski definition) is 4. The van der Waals surface area contributed by atoms with Gasteiger partial charge in [-0.15, -0.1) is 10.2 Å². The van der Waals surface area contributed by atoms with Gasteiger partial charge < -0.3 is 9.88 Å². The van der Waals surface area contributed by atoms with E-state index in [-0.39, 0.29) is 11.8 Å². The minimum atomic E-state index is -1.66. The monoisotopic (exact) mass is 320 g/mol. The number of nitrogens with zero attached hydrogens (tertiary/aromatic N) is 3. The molecule has 0 saturated carbocycles. The molecule has 1 heterocycles. The van der Waals surface area contributed by atoms with E-state index in [4.69, 9.17) is 0 Å². The zero-order chi connectivity index (χ0) is 15.6. The van der Waals surface area contributed by atoms with Crippen molar-refractivity contribution < 1.29 is 22.4 Å². The van der Waals surface area contributed by atoms with Gasteiger partial charge in [-0.1, -0.05) is 11.8 Å². The summed E-state index contributed by atoms with van der Waals surface area (Å²) in [5.74, 6) is -7.61. The minimum absolute atomic E-state index is 0.0641. The molecule has 0 fully saturated rings. The normalized spacial score (nSPS) is 10.7. The van der Waals surface area contributed by atoms with Gasteiger partial charge >= 0.3 is 0 Å². The molecule has 2 aromatic rings. The van der Waals surface area contributed by atoms with Crippen molar-refractivity contribution in [3.63, 3.8) is 0 Å². The summed E-state index contributed by atoms with van der Waals surface area (Å²) < 4.78 is 54.2. The molecule has 0 spiro atoms. The van der Waals surface area contributed by atoms with Crippen molar-refractivity contribution >= 4 is 23.4 Å². The van der Waals surface area contributed by atoms with Crippen LogP contribution >= 0.6 is 11.8 Å². The fourth-order valence-corrected chi connectivity index (χ4v) is 2.08. The quantitative estimate of drug-likeness (QED) is 0.532. The lowest BCUT2D eigenvalue weighted by atomic mass is 10.2. The summed E-state index contributed by atoms with van der Waals surface area (Å²) in [5.41, 5.74) is -1.16. The minimum Gasteiger partial charge on any atom is -0.320 e. The second-order valence-corrected chi connectivity index (χ2v) is 4.85. The van der Waals surface area contributed by atoms with Gasteiger partial charge in [0.15, 0.2) is 28.4 Å². The summed E-state index contributed by atoms with van der Waals surface area (Å²) in [6.07, 6.45) is 1.40. The molecular formula is C11H8F4N4OS. The SMILES string of the molecule is Cn1cnnc1SCC(=O)Nc1c(F)c(F)cc(F)c1F. The topological polar surface area (TPSA) is 59.8 Å². The van der Waals surface area contributed by atoms with Gasteiger partial charge in [-0.2, -0.15) is 0 Å². The van der Waals surface area contributed by atoms with Crippen molar-refractivity contribution in [1.82, 2.24) is 14.8 Å². The Morgan fingerprint density at radius 1 is 1.29 bits per heavy atom. The molecule has 1 N–H and O–H groups in total. The summed E-state index contributed by atoms with van der Waals surface area (Å²) in [6, 6.07) is 0.0641. The number of benzene rings is 1. The van der Waals surface area contributed by atoms with Crippen LogP contribution in [0.1, 0.15) is 0 Å². The van der Waals surface area contributed by atoms with Gasteiger partial charge in [0.05, 0.1) is 5.75 Å². The lowest BCUT2D eigenvalue weighted by Crippen LogP contribution is -2.17. The molecule has 0 bridgehead atoms. The van der Waals surface area contributed by atoms with Crippen molar-refractivity contribution in [1.29, 1.82) is 0 Å². The van der Waals surface area contributed by atoms with E-state index in [0.29, 0.717) is 5.16 Å². The predicted molar refractivity (Wildman–Crippen MR) is 66.6 cm³/mol. The summed E-state index contributed by atoms with van der Waals surface area (Å²) >= 11 is 0.946. The molecule has 0 unspecified atom stereocenters. The highest BCUT2D eigenvalue weighted by molar-refractivity contribution is 7.99. The molecule has 10 heteroatoms. The van der Waals surface area contributed by atoms with E-state index in [1.54, 1.807) is 12.4 Å². The second kappa shape index (κ2) is 6.12. The van der Waals surface area contributed by atoms with Gasteiger partial charge in [0.2, 0.25) is 5.91 Å². The van der Waals surface area contributed by atoms with Crippen LogP contribution in [0.15, 0.2) is 17.6 Å². The number of carbonyl (C=O) groups is 1. The fourth-order valence-electron chi connectivity index (χ4n) is 1.39. The molecule has 0 radical (unpaired) electrons. The Bertz CT molecular complexity index is 665. The maximum Gasteiger partial charge on any atom is 0.235 e. The first-order valence-corrected chi connectivity index (χ1v) is 6.48. The Balaban J connectivity index is 2.08. The smallest absolute Gasteiger partial charge is 0.235 e. The third-order valence-corrected chi connectivity index (χ3v) is 3.41. The third-order valence-electron chi connectivity index (χ3n) is 2.38. The number of halogens is 4. The summed E-state index contributed by atoms with van der Waals surface area (Å²) in [5, 5.41) is 9.46. The number of rotatable bonds is 4. The number of aromatic nitrogens is 3. The summed E-state index contributed by atoms with van der Waals surface area (Å²) in [6.45, 7) is 0. The van der Waals surface area contributed by atoms with Gasteiger partial charge in [-0.05, 0) is 0 Å². The number of amides is 1. The molecule has 1 amide bonds. The molecule has 2 rings (SSSR count). The predicted octanol–water partition coefficient (Wildman–Crippen LogP) is 2.10. The van der Waals surface area contributed by atoms with Crippen LogP contribution in [0.5, 0.6) is 0 Å². The lowest BCUT2D eigenvalue weighted by Gasteiger charge is -2.08. The van der Waals surface area contributed by atoms with E-state index in [9.17, 15) is 22.4 Å². The molecule has 5 nitrogen and oxygen atoms in total. The van der Waals surface area contributed by atoms with Crippen molar-refractivity contribution in [3.05, 3.63) is 35.7 Å². The molecule has 0 aliphatic rings. The molecular weight excluding hydrogens is 312 g/mol. The molecule has 1 aromatic heterocycles. The number of nitrogens with one attached hydrogen (secondary N) is 1. The maximum absolute atomic E-state index is 13.4. The Morgan fingerprint density at radius 3 is 2.43 bits per heavy atom. The van der Waals surface area contributed by atoms with Crippen molar-refractivity contribution in [2.75, 3.05) is 11.1 Å². The van der Waals surface area contributed by atoms with Crippen LogP contribution in [0.2, 0.25) is 0 Å². The number of thioether (sulfide) groups is 1. The average Bonchev–Trinajstić information content (AvgIpc) is 2.84. The van der Waals surface area contributed by atoms with E-state index in [2.05, 4.69) is 10.2 Å². The van der Waals surface area contributed by atoms with Gasteiger partial charge in [0.25, 0.3) is 0 Å². The van der Waals surface area contributed by atoms with E-state index >= 15 is 0 Å². The van der Waals surface area contributed by atoms with Gasteiger partial charge in [0, 0.05) is 13.1 Å². The Hall–Kier alpha value is -2.10. The van der Waals surface area contributed by atoms with Gasteiger partial charge in [-0.25, -0.2) is 17.6 Å². The first-order valence-electron chi connectivity index (χ1n) is 5.49. The average molecular weight is 320 g/mol. The highest BCUT2D eigenvalue weighted by Gasteiger charge is 2.21. The Kier molecular flexibility index (Phi) is 4.46. The third kappa shape index (κ3) is 3.32. The maximum atomic E-state index is 13.4. The van der Waals surface area contributed by atoms with E-state index < -0.39 is 34.9 Å². The highest BCUT2D eigenvalue weighted by atomic mass is 32.2. The van der Waals surface area contributed by atoms with Gasteiger partial charge in [0.1, 0.15) is 12.0 Å². The fraction of sp³-hybridized carbons (Fsp3) is 0.182. The Labute approximate surface area is 120 Å². The Morgan fingerprint density at radius 2 is 1.90 bits per heavy atom. The highest BCUT2D eigenvalue weighted by Crippen LogP contribution is 2.24. The lowest BCUT2D eigenvalue weighted by molar-refractivity contribution is -0.113. The molecule has 1 aromatic carbocycles. The molecule has 0 aliphatic carbocycles. The summed E-state index contributed by atoms with van der Waals surface area (Å²) in [7, 11) is 1.64. The summed E-state index contributed by atoms with van der Waals surface area (Å²) in [4.78, 5) is 11.6. The number of anilines is 1. The first kappa shape index (κ1) is 15.3. The van der Waals surface area contributed by atoms with Crippen LogP contribution in [0.3, 0.4) is 0 Å². The zero-order valence-electron chi connectivity index (χ0n) is 10.5.